The number of carbonyl (C=O) groups is 1. The van der Waals surface area contributed by atoms with E-state index in [1.54, 1.807) is 17.0 Å². The van der Waals surface area contributed by atoms with Gasteiger partial charge in [0.05, 0.1) is 12.6 Å². The number of hydrogen-bond donors (Lipinski definition) is 2. The Labute approximate surface area is 172 Å². The summed E-state index contributed by atoms with van der Waals surface area (Å²) in [7, 11) is 1.00. The number of aliphatic hydroxyl groups is 1. The van der Waals surface area contributed by atoms with E-state index in [1.807, 2.05) is 12.1 Å². The maximum atomic E-state index is 13.1. The number of halogens is 1. The molecule has 3 unspecified atom stereocenters. The predicted octanol–water partition coefficient (Wildman–Crippen LogP) is 3.20. The third-order valence-electron chi connectivity index (χ3n) is 6.87. The summed E-state index contributed by atoms with van der Waals surface area (Å²) in [4.78, 5) is 14.3. The van der Waals surface area contributed by atoms with Crippen LogP contribution < -0.4 is 5.32 Å². The Kier molecular flexibility index (Phi) is 7.63. The highest BCUT2D eigenvalue weighted by atomic mass is 19.1. The summed E-state index contributed by atoms with van der Waals surface area (Å²) < 4.78 is 13.1. The third kappa shape index (κ3) is 5.15. The fourth-order valence-corrected chi connectivity index (χ4v) is 5.49. The highest BCUT2D eigenvalue weighted by Gasteiger charge is 2.42. The topological polar surface area (TPSA) is 76.4 Å². The molecule has 6 heteroatoms. The SMILES string of the molecule is CO.N#CC1CCCCN1C(=O)CNC1C[C@@H]2CC(c3ccc(F)cc3)C[C@@H]2C1. The second kappa shape index (κ2) is 10.2. The molecule has 0 spiro atoms. The van der Waals surface area contributed by atoms with Gasteiger partial charge < -0.3 is 15.3 Å². The number of fused-ring (bicyclic) bond motifs is 1. The summed E-state index contributed by atoms with van der Waals surface area (Å²) in [5.41, 5.74) is 1.26. The molecule has 0 radical (unpaired) electrons. The van der Waals surface area contributed by atoms with Gasteiger partial charge in [-0.1, -0.05) is 12.1 Å². The normalized spacial score (nSPS) is 30.8. The van der Waals surface area contributed by atoms with Crippen LogP contribution in [0.1, 0.15) is 56.4 Å². The molecule has 3 aliphatic rings. The highest BCUT2D eigenvalue weighted by molar-refractivity contribution is 5.79. The number of carbonyl (C=O) groups excluding carboxylic acids is 1. The van der Waals surface area contributed by atoms with Crippen molar-refractivity contribution >= 4 is 5.91 Å². The first-order valence-electron chi connectivity index (χ1n) is 10.8. The lowest BCUT2D eigenvalue weighted by molar-refractivity contribution is -0.132. The molecular formula is C23H32FN3O2. The van der Waals surface area contributed by atoms with Crippen LogP contribution in [0.2, 0.25) is 0 Å². The molecule has 1 amide bonds. The lowest BCUT2D eigenvalue weighted by atomic mass is 9.94. The van der Waals surface area contributed by atoms with Crippen molar-refractivity contribution in [2.45, 2.75) is 62.9 Å². The number of hydrogen-bond acceptors (Lipinski definition) is 4. The average Bonchev–Trinajstić information content (AvgIpc) is 3.33. The first-order valence-corrected chi connectivity index (χ1v) is 10.8. The van der Waals surface area contributed by atoms with Crippen LogP contribution in [0.15, 0.2) is 24.3 Å². The van der Waals surface area contributed by atoms with Gasteiger partial charge >= 0.3 is 0 Å². The van der Waals surface area contributed by atoms with Crippen molar-refractivity contribution in [3.05, 3.63) is 35.6 Å². The smallest absolute Gasteiger partial charge is 0.237 e. The monoisotopic (exact) mass is 401 g/mol. The molecule has 2 aliphatic carbocycles. The van der Waals surface area contributed by atoms with Crippen LogP contribution in [0.4, 0.5) is 4.39 Å². The van der Waals surface area contributed by atoms with Crippen molar-refractivity contribution in [1.82, 2.24) is 10.2 Å². The highest BCUT2D eigenvalue weighted by Crippen LogP contribution is 2.50. The number of rotatable bonds is 4. The van der Waals surface area contributed by atoms with Gasteiger partial charge in [-0.15, -0.1) is 0 Å². The fraction of sp³-hybridized carbons (Fsp3) is 0.652. The largest absolute Gasteiger partial charge is 0.400 e. The first kappa shape index (κ1) is 21.7. The Bertz CT molecular complexity index is 704. The lowest BCUT2D eigenvalue weighted by Crippen LogP contribution is -2.47. The van der Waals surface area contributed by atoms with Crippen LogP contribution in [-0.2, 0) is 4.79 Å². The molecule has 1 heterocycles. The van der Waals surface area contributed by atoms with Crippen molar-refractivity contribution < 1.29 is 14.3 Å². The van der Waals surface area contributed by atoms with Crippen LogP contribution in [-0.4, -0.2) is 48.2 Å². The first-order chi connectivity index (χ1) is 14.1. The van der Waals surface area contributed by atoms with Crippen molar-refractivity contribution in [2.75, 3.05) is 20.2 Å². The van der Waals surface area contributed by atoms with Gasteiger partial charge in [-0.05, 0) is 80.4 Å². The summed E-state index contributed by atoms with van der Waals surface area (Å²) in [5.74, 6) is 1.86. The zero-order valence-electron chi connectivity index (χ0n) is 17.2. The van der Waals surface area contributed by atoms with E-state index in [0.29, 0.717) is 36.9 Å². The van der Waals surface area contributed by atoms with E-state index in [4.69, 9.17) is 5.11 Å². The molecule has 29 heavy (non-hydrogen) atoms. The molecule has 5 atom stereocenters. The number of benzene rings is 1. The van der Waals surface area contributed by atoms with Crippen LogP contribution in [0.3, 0.4) is 0 Å². The number of nitriles is 1. The van der Waals surface area contributed by atoms with E-state index in [2.05, 4.69) is 11.4 Å². The van der Waals surface area contributed by atoms with Gasteiger partial charge in [0.1, 0.15) is 11.9 Å². The van der Waals surface area contributed by atoms with Crippen molar-refractivity contribution in [1.29, 1.82) is 5.26 Å². The maximum Gasteiger partial charge on any atom is 0.237 e. The van der Waals surface area contributed by atoms with Gasteiger partial charge in [-0.25, -0.2) is 4.39 Å². The Hall–Kier alpha value is -1.97. The number of likely N-dealkylation sites (tertiary alicyclic amines) is 1. The molecule has 0 bridgehead atoms. The molecular weight excluding hydrogens is 369 g/mol. The molecule has 0 aromatic heterocycles. The van der Waals surface area contributed by atoms with Crippen LogP contribution in [0.5, 0.6) is 0 Å². The van der Waals surface area contributed by atoms with E-state index in [1.165, 1.54) is 18.4 Å². The number of nitrogens with zero attached hydrogens (tertiary/aromatic N) is 2. The van der Waals surface area contributed by atoms with Crippen LogP contribution in [0, 0.1) is 29.0 Å². The average molecular weight is 402 g/mol. The molecule has 2 N–H and O–H groups in total. The van der Waals surface area contributed by atoms with Crippen molar-refractivity contribution in [3.8, 4) is 6.07 Å². The molecule has 158 valence electrons. The van der Waals surface area contributed by atoms with Gasteiger partial charge in [-0.3, -0.25) is 4.79 Å². The van der Waals surface area contributed by atoms with Crippen LogP contribution in [0.25, 0.3) is 0 Å². The number of amides is 1. The fourth-order valence-electron chi connectivity index (χ4n) is 5.49. The minimum atomic E-state index is -0.243. The van der Waals surface area contributed by atoms with Gasteiger partial charge in [0.25, 0.3) is 0 Å². The molecule has 3 fully saturated rings. The van der Waals surface area contributed by atoms with Crippen LogP contribution >= 0.6 is 0 Å². The van der Waals surface area contributed by atoms with Crippen molar-refractivity contribution in [2.24, 2.45) is 11.8 Å². The van der Waals surface area contributed by atoms with E-state index >= 15 is 0 Å². The number of piperidine rings is 1. The number of aliphatic hydroxyl groups excluding tert-OH is 1. The second-order valence-corrected chi connectivity index (χ2v) is 8.52. The third-order valence-corrected chi connectivity index (χ3v) is 6.87. The predicted molar refractivity (Wildman–Crippen MR) is 109 cm³/mol. The summed E-state index contributed by atoms with van der Waals surface area (Å²) >= 11 is 0. The Morgan fingerprint density at radius 3 is 2.45 bits per heavy atom. The molecule has 1 aromatic rings. The number of nitrogens with one attached hydrogen (secondary N) is 1. The van der Waals surface area contributed by atoms with E-state index in [9.17, 15) is 14.4 Å². The quantitative estimate of drug-likeness (QED) is 0.812. The Morgan fingerprint density at radius 1 is 1.17 bits per heavy atom. The summed E-state index contributed by atoms with van der Waals surface area (Å²) in [5, 5.41) is 19.7. The van der Waals surface area contributed by atoms with Gasteiger partial charge in [0, 0.05) is 19.7 Å². The lowest BCUT2D eigenvalue weighted by Gasteiger charge is -2.32. The minimum Gasteiger partial charge on any atom is -0.400 e. The molecule has 4 rings (SSSR count). The van der Waals surface area contributed by atoms with E-state index in [0.717, 1.165) is 39.2 Å². The van der Waals surface area contributed by atoms with Crippen molar-refractivity contribution in [3.63, 3.8) is 0 Å². The van der Waals surface area contributed by atoms with Gasteiger partial charge in [-0.2, -0.15) is 5.26 Å². The van der Waals surface area contributed by atoms with Gasteiger partial charge in [0.15, 0.2) is 0 Å². The molecule has 1 aromatic carbocycles. The molecule has 1 saturated heterocycles. The molecule has 2 saturated carbocycles. The molecule has 1 aliphatic heterocycles. The standard InChI is InChI=1S/C22H28FN3O.CH4O/c23-19-6-4-15(5-7-19)16-9-17-11-20(12-18(17)10-16)25-14-22(27)26-8-2-1-3-21(26)13-24;1-2/h4-7,16-18,20-21,25H,1-3,8-12,14H2;2H,1H3/t16?,17-,18+,20?,21?;. The second-order valence-electron chi connectivity index (χ2n) is 8.52. The Morgan fingerprint density at radius 2 is 1.83 bits per heavy atom. The zero-order chi connectivity index (χ0) is 20.8. The Balaban J connectivity index is 0.00000117. The zero-order valence-corrected chi connectivity index (χ0v) is 17.2. The van der Waals surface area contributed by atoms with E-state index in [-0.39, 0.29) is 17.8 Å². The molecule has 5 nitrogen and oxygen atoms in total. The summed E-state index contributed by atoms with van der Waals surface area (Å²) in [6.45, 7) is 1.07. The minimum absolute atomic E-state index is 0.0718. The van der Waals surface area contributed by atoms with Gasteiger partial charge in [0.2, 0.25) is 5.91 Å². The summed E-state index contributed by atoms with van der Waals surface area (Å²) in [6.07, 6.45) is 7.43. The maximum absolute atomic E-state index is 13.1. The van der Waals surface area contributed by atoms with E-state index < -0.39 is 0 Å². The summed E-state index contributed by atoms with van der Waals surface area (Å²) in [6, 6.07) is 9.42.